The number of hydrogen-bond donors (Lipinski definition) is 0. The van der Waals surface area contributed by atoms with Gasteiger partial charge in [-0.3, -0.25) is 9.98 Å². The molecule has 0 saturated carbocycles. The number of hydrogen-bond acceptors (Lipinski definition) is 2. The maximum Gasteiger partial charge on any atom is 2.00 e. The summed E-state index contributed by atoms with van der Waals surface area (Å²) in [4.78, 5) is 9.68. The van der Waals surface area contributed by atoms with Gasteiger partial charge >= 0.3 is 16.5 Å². The molecule has 0 aliphatic rings. The first-order chi connectivity index (χ1) is 13.2. The van der Waals surface area contributed by atoms with Gasteiger partial charge in [0.25, 0.3) is 0 Å². The van der Waals surface area contributed by atoms with Gasteiger partial charge in [-0.2, -0.15) is 0 Å². The molecular weight excluding hydrogens is 470 g/mol. The molecule has 174 valence electrons. The molecule has 2 rings (SSSR count). The van der Waals surface area contributed by atoms with Crippen LogP contribution in [-0.4, -0.2) is 12.4 Å². The second-order valence-corrected chi connectivity index (χ2v) is 8.75. The van der Waals surface area contributed by atoms with Crippen LogP contribution in [0, 0.1) is 0 Å². The molecule has 0 saturated heterocycles. The Kier molecular flexibility index (Phi) is 15.3. The average Bonchev–Trinajstić information content (AvgIpc) is 2.64. The molecule has 0 bridgehead atoms. The molecule has 0 fully saturated rings. The van der Waals surface area contributed by atoms with Crippen LogP contribution in [0.25, 0.3) is 0 Å². The van der Waals surface area contributed by atoms with Gasteiger partial charge in [0.15, 0.2) is 0 Å². The van der Waals surface area contributed by atoms with E-state index in [2.05, 4.69) is 91.8 Å². The summed E-state index contributed by atoms with van der Waals surface area (Å²) in [7, 11) is 0. The van der Waals surface area contributed by atoms with Gasteiger partial charge in [-0.05, 0) is 45.9 Å². The van der Waals surface area contributed by atoms with Crippen LogP contribution in [0.3, 0.4) is 0 Å². The Morgan fingerprint density at radius 2 is 0.742 bits per heavy atom. The SMILES string of the molecule is CC(C)c1cccc(C(C)C)c1N=CC=Nc1c(C(C)C)cccc1C(C)C.[Cl-].[Cl-].[Ni+2]. The van der Waals surface area contributed by atoms with Crippen molar-refractivity contribution in [1.29, 1.82) is 0 Å². The van der Waals surface area contributed by atoms with Crippen LogP contribution in [0.1, 0.15) is 101 Å². The zero-order valence-electron chi connectivity index (χ0n) is 19.9. The third-order valence-electron chi connectivity index (χ3n) is 5.16. The third-order valence-corrected chi connectivity index (χ3v) is 5.16. The number of nitrogens with zero attached hydrogens (tertiary/aromatic N) is 2. The molecular formula is C26H36Cl2N2Ni. The van der Waals surface area contributed by atoms with Crippen molar-refractivity contribution in [3.8, 4) is 0 Å². The molecule has 0 aromatic heterocycles. The molecule has 0 spiro atoms. The Balaban J connectivity index is 0. The molecule has 0 heterocycles. The molecule has 2 aromatic carbocycles. The van der Waals surface area contributed by atoms with Gasteiger partial charge in [-0.15, -0.1) is 0 Å². The van der Waals surface area contributed by atoms with Crippen LogP contribution < -0.4 is 24.8 Å². The first kappa shape index (κ1) is 32.0. The van der Waals surface area contributed by atoms with Crippen molar-refractivity contribution in [2.24, 2.45) is 9.98 Å². The van der Waals surface area contributed by atoms with Crippen LogP contribution >= 0.6 is 0 Å². The van der Waals surface area contributed by atoms with E-state index in [-0.39, 0.29) is 41.3 Å². The van der Waals surface area contributed by atoms with Crippen molar-refractivity contribution in [1.82, 2.24) is 0 Å². The molecule has 0 radical (unpaired) electrons. The van der Waals surface area contributed by atoms with Crippen molar-refractivity contribution in [3.05, 3.63) is 58.7 Å². The van der Waals surface area contributed by atoms with Crippen molar-refractivity contribution < 1.29 is 41.3 Å². The quantitative estimate of drug-likeness (QED) is 0.407. The van der Waals surface area contributed by atoms with Gasteiger partial charge in [0, 0.05) is 12.4 Å². The van der Waals surface area contributed by atoms with Crippen LogP contribution in [0.2, 0.25) is 0 Å². The molecule has 0 atom stereocenters. The Bertz CT molecular complexity index is 732. The number of halogens is 2. The third kappa shape index (κ3) is 8.37. The molecule has 5 heteroatoms. The molecule has 0 amide bonds. The van der Waals surface area contributed by atoms with Crippen molar-refractivity contribution in [3.63, 3.8) is 0 Å². The summed E-state index contributed by atoms with van der Waals surface area (Å²) in [6.45, 7) is 17.8. The Hall–Kier alpha value is -1.15. The van der Waals surface area contributed by atoms with Crippen LogP contribution in [0.15, 0.2) is 46.4 Å². The van der Waals surface area contributed by atoms with E-state index in [1.54, 1.807) is 0 Å². The summed E-state index contributed by atoms with van der Waals surface area (Å²) >= 11 is 0. The fraction of sp³-hybridized carbons (Fsp3) is 0.462. The summed E-state index contributed by atoms with van der Waals surface area (Å²) in [6.07, 6.45) is 3.71. The van der Waals surface area contributed by atoms with E-state index < -0.39 is 0 Å². The minimum absolute atomic E-state index is 0. The molecule has 0 aliphatic heterocycles. The van der Waals surface area contributed by atoms with E-state index in [1.165, 1.54) is 22.3 Å². The monoisotopic (exact) mass is 504 g/mol. The van der Waals surface area contributed by atoms with E-state index >= 15 is 0 Å². The summed E-state index contributed by atoms with van der Waals surface area (Å²) < 4.78 is 0. The van der Waals surface area contributed by atoms with Gasteiger partial charge in [0.05, 0.1) is 11.4 Å². The summed E-state index contributed by atoms with van der Waals surface area (Å²) in [5.41, 5.74) is 7.37. The first-order valence-corrected chi connectivity index (χ1v) is 10.6. The van der Waals surface area contributed by atoms with E-state index in [9.17, 15) is 0 Å². The van der Waals surface area contributed by atoms with E-state index in [0.29, 0.717) is 23.7 Å². The number of benzene rings is 2. The second kappa shape index (κ2) is 14.8. The van der Waals surface area contributed by atoms with Gasteiger partial charge < -0.3 is 24.8 Å². The molecule has 2 nitrogen and oxygen atoms in total. The fourth-order valence-corrected chi connectivity index (χ4v) is 3.54. The molecule has 0 aliphatic carbocycles. The molecule has 0 unspecified atom stereocenters. The minimum atomic E-state index is 0. The molecule has 0 N–H and O–H groups in total. The number of para-hydroxylation sites is 2. The average molecular weight is 506 g/mol. The molecule has 2 aromatic rings. The number of rotatable bonds is 7. The topological polar surface area (TPSA) is 24.7 Å². The summed E-state index contributed by atoms with van der Waals surface area (Å²) in [5.74, 6) is 1.77. The van der Waals surface area contributed by atoms with Crippen molar-refractivity contribution >= 4 is 23.8 Å². The zero-order valence-corrected chi connectivity index (χ0v) is 22.4. The largest absolute Gasteiger partial charge is 2.00 e. The van der Waals surface area contributed by atoms with E-state index in [0.717, 1.165) is 11.4 Å². The fourth-order valence-electron chi connectivity index (χ4n) is 3.54. The summed E-state index contributed by atoms with van der Waals surface area (Å²) in [6, 6.07) is 13.0. The maximum absolute atomic E-state index is 4.84. The van der Waals surface area contributed by atoms with E-state index in [1.807, 2.05) is 12.4 Å². The van der Waals surface area contributed by atoms with Gasteiger partial charge in [0.1, 0.15) is 0 Å². The van der Waals surface area contributed by atoms with Crippen molar-refractivity contribution in [2.75, 3.05) is 0 Å². The first-order valence-electron chi connectivity index (χ1n) is 10.6. The second-order valence-electron chi connectivity index (χ2n) is 8.75. The molecule has 31 heavy (non-hydrogen) atoms. The Labute approximate surface area is 212 Å². The van der Waals surface area contributed by atoms with E-state index in [4.69, 9.17) is 9.98 Å². The van der Waals surface area contributed by atoms with Crippen molar-refractivity contribution in [2.45, 2.75) is 79.1 Å². The van der Waals surface area contributed by atoms with Gasteiger partial charge in [0.2, 0.25) is 0 Å². The smallest absolute Gasteiger partial charge is 1.00 e. The van der Waals surface area contributed by atoms with Gasteiger partial charge in [-0.1, -0.05) is 91.8 Å². The standard InChI is InChI=1S/C26H36N2.2ClH.Ni/c1-17(2)21-11-9-12-22(18(3)4)25(21)27-15-16-28-26-23(19(5)6)13-10-14-24(26)20(7)8;;;/h9-20H,1-8H3;2*1H;/q;;;+2/p-2. The predicted molar refractivity (Wildman–Crippen MR) is 126 cm³/mol. The zero-order chi connectivity index (χ0) is 20.8. The normalized spacial score (nSPS) is 11.4. The number of aliphatic imine (C=N–C) groups is 2. The van der Waals surface area contributed by atoms with Crippen LogP contribution in [-0.2, 0) is 16.5 Å². The predicted octanol–water partition coefficient (Wildman–Crippen LogP) is 2.29. The summed E-state index contributed by atoms with van der Waals surface area (Å²) in [5, 5.41) is 0. The minimum Gasteiger partial charge on any atom is -1.00 e. The Morgan fingerprint density at radius 3 is 0.935 bits per heavy atom. The van der Waals surface area contributed by atoms with Crippen LogP contribution in [0.4, 0.5) is 11.4 Å². The van der Waals surface area contributed by atoms with Gasteiger partial charge in [-0.25, -0.2) is 0 Å². The Morgan fingerprint density at radius 1 is 0.516 bits per heavy atom. The van der Waals surface area contributed by atoms with Crippen LogP contribution in [0.5, 0.6) is 0 Å². The maximum atomic E-state index is 4.84.